The summed E-state index contributed by atoms with van der Waals surface area (Å²) in [6.07, 6.45) is 3.21. The number of ether oxygens (including phenoxy) is 1. The van der Waals surface area contributed by atoms with Crippen LogP contribution in [-0.2, 0) is 14.3 Å². The van der Waals surface area contributed by atoms with Gasteiger partial charge in [-0.25, -0.2) is 4.98 Å². The van der Waals surface area contributed by atoms with Crippen LogP contribution in [-0.4, -0.2) is 40.1 Å². The quantitative estimate of drug-likeness (QED) is 0.273. The summed E-state index contributed by atoms with van der Waals surface area (Å²) in [4.78, 5) is 35.3. The third-order valence-electron chi connectivity index (χ3n) is 2.89. The monoisotopic (exact) mass is 325 g/mol. The van der Waals surface area contributed by atoms with Gasteiger partial charge in [-0.1, -0.05) is 0 Å². The smallest absolute Gasteiger partial charge is 0.306 e. The van der Waals surface area contributed by atoms with E-state index in [4.69, 9.17) is 9.84 Å². The number of pyridine rings is 1. The summed E-state index contributed by atoms with van der Waals surface area (Å²) < 4.78 is 4.89. The number of aromatic nitrogens is 1. The van der Waals surface area contributed by atoms with E-state index in [1.54, 1.807) is 6.07 Å². The number of esters is 1. The molecular weight excluding hydrogens is 306 g/mol. The Morgan fingerprint density at radius 3 is 2.65 bits per heavy atom. The normalized spacial score (nSPS) is 10.1. The Kier molecular flexibility index (Phi) is 8.04. The van der Waals surface area contributed by atoms with Gasteiger partial charge in [0.15, 0.2) is 0 Å². The first-order valence-corrected chi connectivity index (χ1v) is 7.21. The number of hydrogen-bond acceptors (Lipinski definition) is 7. The number of carboxylic acid groups (broad SMARTS) is 1. The average molecular weight is 325 g/mol. The molecule has 0 aliphatic rings. The molecule has 1 heterocycles. The third kappa shape index (κ3) is 8.34. The highest BCUT2D eigenvalue weighted by atomic mass is 16.6. The number of rotatable bonds is 11. The van der Waals surface area contributed by atoms with Gasteiger partial charge in [0.05, 0.1) is 24.4 Å². The van der Waals surface area contributed by atoms with Crippen LogP contribution >= 0.6 is 0 Å². The minimum absolute atomic E-state index is 0.0553. The number of nitro groups is 1. The van der Waals surface area contributed by atoms with E-state index in [0.717, 1.165) is 12.8 Å². The van der Waals surface area contributed by atoms with Crippen LogP contribution in [0.2, 0.25) is 0 Å². The van der Waals surface area contributed by atoms with Gasteiger partial charge in [0.1, 0.15) is 12.0 Å². The number of nitrogens with one attached hydrogen (secondary N) is 1. The van der Waals surface area contributed by atoms with Crippen molar-refractivity contribution >= 4 is 23.4 Å². The minimum atomic E-state index is -1.02. The zero-order valence-corrected chi connectivity index (χ0v) is 12.6. The molecule has 2 N–H and O–H groups in total. The predicted octanol–water partition coefficient (Wildman–Crippen LogP) is 1.98. The van der Waals surface area contributed by atoms with E-state index in [1.807, 2.05) is 0 Å². The van der Waals surface area contributed by atoms with E-state index in [9.17, 15) is 19.7 Å². The maximum absolute atomic E-state index is 11.1. The van der Waals surface area contributed by atoms with Crippen molar-refractivity contribution in [3.05, 3.63) is 28.4 Å². The molecule has 0 aliphatic heterocycles. The Morgan fingerprint density at radius 1 is 1.26 bits per heavy atom. The molecule has 0 saturated carbocycles. The van der Waals surface area contributed by atoms with E-state index in [2.05, 4.69) is 10.3 Å². The average Bonchev–Trinajstić information content (AvgIpc) is 2.52. The fraction of sp³-hybridized carbons (Fsp3) is 0.500. The van der Waals surface area contributed by atoms with E-state index >= 15 is 0 Å². The molecule has 0 bridgehead atoms. The lowest BCUT2D eigenvalue weighted by Crippen LogP contribution is -2.09. The van der Waals surface area contributed by atoms with Gasteiger partial charge in [-0.15, -0.1) is 0 Å². The van der Waals surface area contributed by atoms with Crippen LogP contribution in [0.3, 0.4) is 0 Å². The zero-order chi connectivity index (χ0) is 17.1. The van der Waals surface area contributed by atoms with Crippen LogP contribution in [0.15, 0.2) is 18.3 Å². The van der Waals surface area contributed by atoms with Gasteiger partial charge in [-0.05, 0) is 25.3 Å². The van der Waals surface area contributed by atoms with Crippen LogP contribution in [0, 0.1) is 10.1 Å². The van der Waals surface area contributed by atoms with Crippen molar-refractivity contribution in [2.45, 2.75) is 32.1 Å². The maximum Gasteiger partial charge on any atom is 0.306 e. The molecule has 9 heteroatoms. The lowest BCUT2D eigenvalue weighted by molar-refractivity contribution is -0.385. The van der Waals surface area contributed by atoms with Crippen LogP contribution < -0.4 is 5.32 Å². The second kappa shape index (κ2) is 10.1. The van der Waals surface area contributed by atoms with Crippen molar-refractivity contribution in [3.63, 3.8) is 0 Å². The molecule has 1 aromatic rings. The summed E-state index contributed by atoms with van der Waals surface area (Å²) in [5, 5.41) is 21.9. The molecule has 0 radical (unpaired) electrons. The van der Waals surface area contributed by atoms with Gasteiger partial charge in [0, 0.05) is 12.6 Å². The summed E-state index contributed by atoms with van der Waals surface area (Å²) in [7, 11) is 0. The van der Waals surface area contributed by atoms with Gasteiger partial charge >= 0.3 is 11.9 Å². The second-order valence-corrected chi connectivity index (χ2v) is 4.76. The van der Waals surface area contributed by atoms with Gasteiger partial charge in [-0.3, -0.25) is 19.7 Å². The molecule has 0 unspecified atom stereocenters. The first-order chi connectivity index (χ1) is 11.0. The molecule has 9 nitrogen and oxygen atoms in total. The Morgan fingerprint density at radius 2 is 2.04 bits per heavy atom. The number of hydrogen-bond donors (Lipinski definition) is 2. The van der Waals surface area contributed by atoms with Crippen LogP contribution in [0.1, 0.15) is 32.1 Å². The molecule has 0 aromatic carbocycles. The van der Waals surface area contributed by atoms with E-state index in [-0.39, 0.29) is 25.1 Å². The summed E-state index contributed by atoms with van der Waals surface area (Å²) in [6.45, 7) is 0.923. The lowest BCUT2D eigenvalue weighted by Gasteiger charge is -2.06. The molecule has 126 valence electrons. The fourth-order valence-corrected chi connectivity index (χ4v) is 1.69. The standard InChI is InChI=1S/C14H19N3O6/c18-13(19)6-7-14(20)23-9-3-1-2-8-15-12-5-4-11(10-16-12)17(21)22/h4-5,10H,1-3,6-9H2,(H,15,16)(H,18,19). The Bertz CT molecular complexity index is 532. The van der Waals surface area contributed by atoms with E-state index in [0.29, 0.717) is 18.8 Å². The van der Waals surface area contributed by atoms with Crippen molar-refractivity contribution in [1.29, 1.82) is 0 Å². The maximum atomic E-state index is 11.1. The summed E-state index contributed by atoms with van der Waals surface area (Å²) in [6, 6.07) is 2.92. The Labute approximate surface area is 132 Å². The van der Waals surface area contributed by atoms with Gasteiger partial charge < -0.3 is 15.2 Å². The van der Waals surface area contributed by atoms with Crippen molar-refractivity contribution < 1.29 is 24.4 Å². The number of carbonyl (C=O) groups is 2. The molecule has 1 aromatic heterocycles. The zero-order valence-electron chi connectivity index (χ0n) is 12.6. The van der Waals surface area contributed by atoms with Crippen molar-refractivity contribution in [3.8, 4) is 0 Å². The highest BCUT2D eigenvalue weighted by Gasteiger charge is 2.06. The van der Waals surface area contributed by atoms with E-state index in [1.165, 1.54) is 12.3 Å². The summed E-state index contributed by atoms with van der Waals surface area (Å²) >= 11 is 0. The predicted molar refractivity (Wildman–Crippen MR) is 81.1 cm³/mol. The van der Waals surface area contributed by atoms with E-state index < -0.39 is 16.9 Å². The number of carboxylic acids is 1. The van der Waals surface area contributed by atoms with Crippen LogP contribution in [0.4, 0.5) is 11.5 Å². The minimum Gasteiger partial charge on any atom is -0.481 e. The highest BCUT2D eigenvalue weighted by molar-refractivity contribution is 5.76. The molecular formula is C14H19N3O6. The Balaban J connectivity index is 2.04. The molecule has 0 amide bonds. The number of anilines is 1. The second-order valence-electron chi connectivity index (χ2n) is 4.76. The number of unbranched alkanes of at least 4 members (excludes halogenated alkanes) is 2. The summed E-state index contributed by atoms with van der Waals surface area (Å²) in [5.41, 5.74) is -0.0553. The molecule has 0 fully saturated rings. The fourth-order valence-electron chi connectivity index (χ4n) is 1.69. The van der Waals surface area contributed by atoms with Crippen molar-refractivity contribution in [2.75, 3.05) is 18.5 Å². The number of aliphatic carboxylic acids is 1. The van der Waals surface area contributed by atoms with Gasteiger partial charge in [-0.2, -0.15) is 0 Å². The first-order valence-electron chi connectivity index (χ1n) is 7.21. The molecule has 0 atom stereocenters. The van der Waals surface area contributed by atoms with Crippen molar-refractivity contribution in [2.24, 2.45) is 0 Å². The van der Waals surface area contributed by atoms with Gasteiger partial charge in [0.2, 0.25) is 0 Å². The van der Waals surface area contributed by atoms with Crippen molar-refractivity contribution in [1.82, 2.24) is 4.98 Å². The van der Waals surface area contributed by atoms with Crippen LogP contribution in [0.25, 0.3) is 0 Å². The molecule has 1 rings (SSSR count). The third-order valence-corrected chi connectivity index (χ3v) is 2.89. The largest absolute Gasteiger partial charge is 0.481 e. The molecule has 0 saturated heterocycles. The SMILES string of the molecule is O=C(O)CCC(=O)OCCCCCNc1ccc([N+](=O)[O-])cn1. The lowest BCUT2D eigenvalue weighted by atomic mass is 10.2. The highest BCUT2D eigenvalue weighted by Crippen LogP contribution is 2.11. The number of carbonyl (C=O) groups excluding carboxylic acids is 1. The topological polar surface area (TPSA) is 132 Å². The first kappa shape index (κ1) is 18.3. The van der Waals surface area contributed by atoms with Gasteiger partial charge in [0.25, 0.3) is 5.69 Å². The molecule has 23 heavy (non-hydrogen) atoms. The molecule has 0 spiro atoms. The molecule has 0 aliphatic carbocycles. The van der Waals surface area contributed by atoms with Crippen LogP contribution in [0.5, 0.6) is 0 Å². The Hall–Kier alpha value is -2.71. The number of nitrogens with zero attached hydrogens (tertiary/aromatic N) is 2. The summed E-state index contributed by atoms with van der Waals surface area (Å²) in [5.74, 6) is -0.954.